The Kier molecular flexibility index (Phi) is 7.54. The second kappa shape index (κ2) is 12.3. The minimum Gasteiger partial charge on any atom is -0.359 e. The molecule has 0 radical (unpaired) electrons. The standard InChI is InChI=1S/C44H36N4/c1-29-30(2)45-31(3)46-43(29)36-24-20-33(21-25-36)32-16-18-34(19-17-32)38-10-9-11-39(28-38)35-22-26-37(27-23-35)44-47-41-14-7-8-15-42(41)48(44)40-12-5-4-6-13-40/h4-28,44,47H,1-3H3. The van der Waals surface area contributed by atoms with Crippen LogP contribution >= 0.6 is 0 Å². The van der Waals surface area contributed by atoms with Crippen LogP contribution in [0, 0.1) is 20.8 Å². The molecule has 0 saturated carbocycles. The number of nitrogens with one attached hydrogen (secondary N) is 1. The van der Waals surface area contributed by atoms with Crippen molar-refractivity contribution in [2.24, 2.45) is 0 Å². The molecule has 0 spiro atoms. The highest BCUT2D eigenvalue weighted by Crippen LogP contribution is 2.46. The van der Waals surface area contributed by atoms with E-state index in [-0.39, 0.29) is 6.17 Å². The van der Waals surface area contributed by atoms with Crippen LogP contribution in [-0.4, -0.2) is 9.97 Å². The first-order valence-electron chi connectivity index (χ1n) is 16.5. The molecule has 0 fully saturated rings. The van der Waals surface area contributed by atoms with E-state index in [2.05, 4.69) is 174 Å². The van der Waals surface area contributed by atoms with Gasteiger partial charge in [-0.05, 0) is 95.6 Å². The summed E-state index contributed by atoms with van der Waals surface area (Å²) in [7, 11) is 0. The maximum absolute atomic E-state index is 4.71. The maximum Gasteiger partial charge on any atom is 0.130 e. The third kappa shape index (κ3) is 5.52. The van der Waals surface area contributed by atoms with Gasteiger partial charge in [0, 0.05) is 16.9 Å². The molecule has 1 atom stereocenters. The molecule has 4 heteroatoms. The second-order valence-electron chi connectivity index (χ2n) is 12.5. The molecule has 1 N–H and O–H groups in total. The number of benzene rings is 6. The van der Waals surface area contributed by atoms with Crippen molar-refractivity contribution >= 4 is 17.1 Å². The van der Waals surface area contributed by atoms with Gasteiger partial charge in [-0.25, -0.2) is 9.97 Å². The highest BCUT2D eigenvalue weighted by atomic mass is 15.3. The van der Waals surface area contributed by atoms with Crippen molar-refractivity contribution in [1.29, 1.82) is 0 Å². The first-order chi connectivity index (χ1) is 23.5. The van der Waals surface area contributed by atoms with Crippen LogP contribution < -0.4 is 10.2 Å². The summed E-state index contributed by atoms with van der Waals surface area (Å²) >= 11 is 0. The average molecular weight is 621 g/mol. The largest absolute Gasteiger partial charge is 0.359 e. The topological polar surface area (TPSA) is 41.1 Å². The lowest BCUT2D eigenvalue weighted by molar-refractivity contribution is 0.828. The van der Waals surface area contributed by atoms with Gasteiger partial charge in [-0.3, -0.25) is 0 Å². The number of fused-ring (bicyclic) bond motifs is 1. The number of aromatic nitrogens is 2. The third-order valence-electron chi connectivity index (χ3n) is 9.38. The minimum atomic E-state index is 0.0183. The van der Waals surface area contributed by atoms with E-state index in [1.54, 1.807) is 0 Å². The van der Waals surface area contributed by atoms with Gasteiger partial charge in [0.2, 0.25) is 0 Å². The van der Waals surface area contributed by atoms with Gasteiger partial charge >= 0.3 is 0 Å². The molecule has 0 aliphatic carbocycles. The predicted molar refractivity (Wildman–Crippen MR) is 199 cm³/mol. The average Bonchev–Trinajstić information content (AvgIpc) is 3.54. The van der Waals surface area contributed by atoms with Crippen molar-refractivity contribution in [3.8, 4) is 44.6 Å². The third-order valence-corrected chi connectivity index (χ3v) is 9.38. The molecule has 4 nitrogen and oxygen atoms in total. The second-order valence-corrected chi connectivity index (χ2v) is 12.5. The molecule has 6 aromatic carbocycles. The number of nitrogens with zero attached hydrogens (tertiary/aromatic N) is 3. The molecular weight excluding hydrogens is 585 g/mol. The summed E-state index contributed by atoms with van der Waals surface area (Å²) < 4.78 is 0. The molecule has 48 heavy (non-hydrogen) atoms. The van der Waals surface area contributed by atoms with Crippen LogP contribution in [0.15, 0.2) is 152 Å². The maximum atomic E-state index is 4.71. The Bertz CT molecular complexity index is 2220. The summed E-state index contributed by atoms with van der Waals surface area (Å²) in [5, 5.41) is 3.74. The van der Waals surface area contributed by atoms with Crippen LogP contribution in [0.4, 0.5) is 17.1 Å². The van der Waals surface area contributed by atoms with Crippen LogP contribution in [0.5, 0.6) is 0 Å². The summed E-state index contributed by atoms with van der Waals surface area (Å²) in [5.41, 5.74) is 16.2. The first-order valence-corrected chi connectivity index (χ1v) is 16.5. The summed E-state index contributed by atoms with van der Waals surface area (Å²) in [4.78, 5) is 11.6. The fraction of sp³-hybridized carbons (Fsp3) is 0.0909. The van der Waals surface area contributed by atoms with E-state index in [1.807, 2.05) is 13.8 Å². The molecule has 0 amide bonds. The van der Waals surface area contributed by atoms with Crippen molar-refractivity contribution < 1.29 is 0 Å². The van der Waals surface area contributed by atoms with E-state index in [9.17, 15) is 0 Å². The molecule has 1 aliphatic heterocycles. The molecule has 232 valence electrons. The van der Waals surface area contributed by atoms with Gasteiger partial charge in [0.25, 0.3) is 0 Å². The number of hydrogen-bond donors (Lipinski definition) is 1. The molecule has 1 aromatic heterocycles. The zero-order chi connectivity index (χ0) is 32.6. The Labute approximate surface area is 282 Å². The Morgan fingerprint density at radius 3 is 1.69 bits per heavy atom. The van der Waals surface area contributed by atoms with Crippen LogP contribution in [0.25, 0.3) is 44.6 Å². The van der Waals surface area contributed by atoms with Crippen LogP contribution in [0.2, 0.25) is 0 Å². The minimum absolute atomic E-state index is 0.0183. The van der Waals surface area contributed by atoms with E-state index >= 15 is 0 Å². The lowest BCUT2D eigenvalue weighted by atomic mass is 9.96. The molecule has 0 bridgehead atoms. The summed E-state index contributed by atoms with van der Waals surface area (Å²) in [5.74, 6) is 0.803. The number of hydrogen-bond acceptors (Lipinski definition) is 4. The zero-order valence-corrected chi connectivity index (χ0v) is 27.4. The highest BCUT2D eigenvalue weighted by molar-refractivity contribution is 5.83. The Morgan fingerprint density at radius 2 is 1.04 bits per heavy atom. The van der Waals surface area contributed by atoms with E-state index in [1.165, 1.54) is 50.3 Å². The monoisotopic (exact) mass is 620 g/mol. The lowest BCUT2D eigenvalue weighted by Gasteiger charge is -2.27. The van der Waals surface area contributed by atoms with Gasteiger partial charge in [-0.2, -0.15) is 0 Å². The normalized spacial score (nSPS) is 13.6. The molecule has 1 unspecified atom stereocenters. The van der Waals surface area contributed by atoms with E-state index in [0.717, 1.165) is 34.0 Å². The van der Waals surface area contributed by atoms with E-state index in [4.69, 9.17) is 4.98 Å². The van der Waals surface area contributed by atoms with Crippen molar-refractivity contribution in [3.05, 3.63) is 174 Å². The van der Waals surface area contributed by atoms with Gasteiger partial charge in [0.15, 0.2) is 0 Å². The van der Waals surface area contributed by atoms with E-state index < -0.39 is 0 Å². The quantitative estimate of drug-likeness (QED) is 0.201. The SMILES string of the molecule is Cc1nc(C)c(C)c(-c2ccc(-c3ccc(-c4cccc(-c5ccc(C6Nc7ccccc7N6c6ccccc6)cc5)c4)cc3)cc2)n1. The Morgan fingerprint density at radius 1 is 0.500 bits per heavy atom. The van der Waals surface area contributed by atoms with Crippen LogP contribution in [-0.2, 0) is 0 Å². The summed E-state index contributed by atoms with van der Waals surface area (Å²) in [6.07, 6.45) is 0.0183. The number of para-hydroxylation sites is 3. The lowest BCUT2D eigenvalue weighted by Crippen LogP contribution is -2.23. The first kappa shape index (κ1) is 29.4. The van der Waals surface area contributed by atoms with E-state index in [0.29, 0.717) is 0 Å². The molecular formula is C44H36N4. The van der Waals surface area contributed by atoms with Crippen molar-refractivity contribution in [3.63, 3.8) is 0 Å². The van der Waals surface area contributed by atoms with Crippen molar-refractivity contribution in [2.45, 2.75) is 26.9 Å². The van der Waals surface area contributed by atoms with Crippen molar-refractivity contribution in [1.82, 2.24) is 9.97 Å². The fourth-order valence-electron chi connectivity index (χ4n) is 6.73. The molecule has 0 saturated heterocycles. The Balaban J connectivity index is 1.01. The molecule has 8 rings (SSSR count). The van der Waals surface area contributed by atoms with Gasteiger partial charge < -0.3 is 10.2 Å². The summed E-state index contributed by atoms with van der Waals surface area (Å²) in [6.45, 7) is 6.08. The van der Waals surface area contributed by atoms with Gasteiger partial charge in [0.05, 0.1) is 17.1 Å². The Hall–Kier alpha value is -6.00. The molecule has 7 aromatic rings. The highest BCUT2D eigenvalue weighted by Gasteiger charge is 2.30. The van der Waals surface area contributed by atoms with Crippen molar-refractivity contribution in [2.75, 3.05) is 10.2 Å². The van der Waals surface area contributed by atoms with Crippen LogP contribution in [0.1, 0.15) is 28.8 Å². The number of aryl methyl sites for hydroxylation is 2. The number of rotatable bonds is 6. The summed E-state index contributed by atoms with van der Waals surface area (Å²) in [6, 6.07) is 54.4. The zero-order valence-electron chi connectivity index (χ0n) is 27.4. The van der Waals surface area contributed by atoms with Gasteiger partial charge in [0.1, 0.15) is 12.0 Å². The van der Waals surface area contributed by atoms with Gasteiger partial charge in [-0.1, -0.05) is 121 Å². The molecule has 1 aliphatic rings. The molecule has 2 heterocycles. The van der Waals surface area contributed by atoms with Crippen LogP contribution in [0.3, 0.4) is 0 Å². The predicted octanol–water partition coefficient (Wildman–Crippen LogP) is 11.3. The fourth-order valence-corrected chi connectivity index (χ4v) is 6.73. The van der Waals surface area contributed by atoms with Gasteiger partial charge in [-0.15, -0.1) is 0 Å². The smallest absolute Gasteiger partial charge is 0.130 e. The number of anilines is 3.